The van der Waals surface area contributed by atoms with Gasteiger partial charge in [-0.05, 0) is 26.3 Å². The smallest absolute Gasteiger partial charge is 0.330 e. The number of carboxylic acid groups (broad SMARTS) is 1. The molecule has 0 aliphatic heterocycles. The number of aryl methyl sites for hydroxylation is 2. The highest BCUT2D eigenvalue weighted by atomic mass is 16.4. The fraction of sp³-hybridized carbons (Fsp3) is 0.250. The fourth-order valence-corrected chi connectivity index (χ4v) is 2.26. The molecule has 0 fully saturated rings. The molecule has 0 saturated carbocycles. The van der Waals surface area contributed by atoms with Crippen LogP contribution in [0.2, 0.25) is 0 Å². The number of hydrogen-bond acceptors (Lipinski definition) is 3. The molecular weight excluding hydrogens is 270 g/mol. The van der Waals surface area contributed by atoms with E-state index in [2.05, 4.69) is 5.32 Å². The molecule has 1 heterocycles. The van der Waals surface area contributed by atoms with E-state index in [0.29, 0.717) is 22.6 Å². The predicted octanol–water partition coefficient (Wildman–Crippen LogP) is 2.76. The zero-order chi connectivity index (χ0) is 15.6. The minimum absolute atomic E-state index is 0.398. The lowest BCUT2D eigenvalue weighted by Crippen LogP contribution is -2.34. The predicted molar refractivity (Wildman–Crippen MR) is 77.2 cm³/mol. The van der Waals surface area contributed by atoms with E-state index in [0.717, 1.165) is 5.56 Å². The van der Waals surface area contributed by atoms with E-state index in [1.54, 1.807) is 51.1 Å². The van der Waals surface area contributed by atoms with Gasteiger partial charge in [0.2, 0.25) is 0 Å². The summed E-state index contributed by atoms with van der Waals surface area (Å²) in [6.45, 7) is 5.23. The largest absolute Gasteiger partial charge is 0.479 e. The summed E-state index contributed by atoms with van der Waals surface area (Å²) in [7, 11) is 0. The average Bonchev–Trinajstić information content (AvgIpc) is 2.70. The van der Waals surface area contributed by atoms with Crippen molar-refractivity contribution in [2.45, 2.75) is 26.8 Å². The Morgan fingerprint density at radius 3 is 2.19 bits per heavy atom. The standard InChI is InChI=1S/C16H17NO4/c1-9-10(2)21-11(3)13(9)15(18)17-14(16(19)20)12-7-5-4-6-8-12/h4-8,14H,1-3H3,(H,17,18)(H,19,20). The molecule has 1 unspecified atom stereocenters. The molecule has 0 aliphatic rings. The van der Waals surface area contributed by atoms with E-state index in [1.165, 1.54) is 0 Å². The van der Waals surface area contributed by atoms with Crippen molar-refractivity contribution in [2.24, 2.45) is 0 Å². The summed E-state index contributed by atoms with van der Waals surface area (Å²) < 4.78 is 5.41. The third-order valence-corrected chi connectivity index (χ3v) is 3.44. The van der Waals surface area contributed by atoms with Gasteiger partial charge in [0, 0.05) is 5.56 Å². The second kappa shape index (κ2) is 5.83. The number of aliphatic carboxylic acids is 1. The average molecular weight is 287 g/mol. The summed E-state index contributed by atoms with van der Waals surface area (Å²) in [5, 5.41) is 11.9. The van der Waals surface area contributed by atoms with Crippen LogP contribution in [0.25, 0.3) is 0 Å². The van der Waals surface area contributed by atoms with Gasteiger partial charge in [-0.1, -0.05) is 30.3 Å². The van der Waals surface area contributed by atoms with Crippen molar-refractivity contribution in [1.29, 1.82) is 0 Å². The zero-order valence-corrected chi connectivity index (χ0v) is 12.1. The molecule has 5 nitrogen and oxygen atoms in total. The molecule has 0 aliphatic carbocycles. The second-order valence-corrected chi connectivity index (χ2v) is 4.87. The third-order valence-electron chi connectivity index (χ3n) is 3.44. The number of nitrogens with one attached hydrogen (secondary N) is 1. The lowest BCUT2D eigenvalue weighted by Gasteiger charge is -2.15. The van der Waals surface area contributed by atoms with Crippen molar-refractivity contribution in [2.75, 3.05) is 0 Å². The number of furan rings is 1. The van der Waals surface area contributed by atoms with Crippen LogP contribution < -0.4 is 5.32 Å². The Bertz CT molecular complexity index is 673. The molecular formula is C16H17NO4. The first-order chi connectivity index (χ1) is 9.91. The molecule has 1 aromatic heterocycles. The van der Waals surface area contributed by atoms with Gasteiger partial charge in [0.15, 0.2) is 6.04 Å². The lowest BCUT2D eigenvalue weighted by molar-refractivity contribution is -0.139. The molecule has 0 radical (unpaired) electrons. The van der Waals surface area contributed by atoms with E-state index in [-0.39, 0.29) is 0 Å². The number of amides is 1. The van der Waals surface area contributed by atoms with Gasteiger partial charge in [0.05, 0.1) is 5.56 Å². The fourth-order valence-electron chi connectivity index (χ4n) is 2.26. The Balaban J connectivity index is 2.30. The molecule has 2 rings (SSSR count). The number of rotatable bonds is 4. The normalized spacial score (nSPS) is 12.0. The lowest BCUT2D eigenvalue weighted by atomic mass is 10.1. The van der Waals surface area contributed by atoms with Crippen molar-refractivity contribution < 1.29 is 19.1 Å². The maximum absolute atomic E-state index is 12.4. The first-order valence-electron chi connectivity index (χ1n) is 6.57. The van der Waals surface area contributed by atoms with Gasteiger partial charge < -0.3 is 14.8 Å². The molecule has 1 aromatic carbocycles. The SMILES string of the molecule is Cc1oc(C)c(C(=O)NC(C(=O)O)c2ccccc2)c1C. The van der Waals surface area contributed by atoms with Crippen molar-refractivity contribution in [3.8, 4) is 0 Å². The molecule has 110 valence electrons. The van der Waals surface area contributed by atoms with E-state index in [1.807, 2.05) is 0 Å². The molecule has 0 spiro atoms. The first-order valence-corrected chi connectivity index (χ1v) is 6.57. The highest BCUT2D eigenvalue weighted by Gasteiger charge is 2.26. The van der Waals surface area contributed by atoms with E-state index >= 15 is 0 Å². The monoisotopic (exact) mass is 287 g/mol. The quantitative estimate of drug-likeness (QED) is 0.906. The first kappa shape index (κ1) is 14.8. The summed E-state index contributed by atoms with van der Waals surface area (Å²) in [5.74, 6) is -0.410. The van der Waals surface area contributed by atoms with Gasteiger partial charge in [-0.3, -0.25) is 4.79 Å². The van der Waals surface area contributed by atoms with E-state index in [9.17, 15) is 14.7 Å². The molecule has 2 N–H and O–H groups in total. The molecule has 0 bridgehead atoms. The number of carbonyl (C=O) groups excluding carboxylic acids is 1. The second-order valence-electron chi connectivity index (χ2n) is 4.87. The van der Waals surface area contributed by atoms with E-state index in [4.69, 9.17) is 4.42 Å². The highest BCUT2D eigenvalue weighted by molar-refractivity contribution is 5.99. The topological polar surface area (TPSA) is 79.5 Å². The van der Waals surface area contributed by atoms with Crippen molar-refractivity contribution in [3.63, 3.8) is 0 Å². The van der Waals surface area contributed by atoms with Gasteiger partial charge in [-0.2, -0.15) is 0 Å². The minimum Gasteiger partial charge on any atom is -0.479 e. The van der Waals surface area contributed by atoms with Gasteiger partial charge >= 0.3 is 5.97 Å². The number of benzene rings is 1. The Kier molecular flexibility index (Phi) is 4.12. The molecule has 1 atom stereocenters. The minimum atomic E-state index is -1.11. The molecule has 5 heteroatoms. The van der Waals surface area contributed by atoms with E-state index < -0.39 is 17.9 Å². The van der Waals surface area contributed by atoms with Crippen molar-refractivity contribution >= 4 is 11.9 Å². The van der Waals surface area contributed by atoms with Crippen LogP contribution >= 0.6 is 0 Å². The van der Waals surface area contributed by atoms with Crippen LogP contribution in [0.4, 0.5) is 0 Å². The Morgan fingerprint density at radius 2 is 1.71 bits per heavy atom. The van der Waals surface area contributed by atoms with Crippen LogP contribution in [0.3, 0.4) is 0 Å². The summed E-state index contributed by atoms with van der Waals surface area (Å²) in [5.41, 5.74) is 1.64. The highest BCUT2D eigenvalue weighted by Crippen LogP contribution is 2.22. The van der Waals surface area contributed by atoms with Crippen LogP contribution in [0, 0.1) is 20.8 Å². The summed E-state index contributed by atoms with van der Waals surface area (Å²) in [6, 6.07) is 7.50. The molecule has 21 heavy (non-hydrogen) atoms. The van der Waals surface area contributed by atoms with Gasteiger partial charge in [0.1, 0.15) is 11.5 Å². The van der Waals surface area contributed by atoms with Gasteiger partial charge in [-0.15, -0.1) is 0 Å². The summed E-state index contributed by atoms with van der Waals surface area (Å²) in [4.78, 5) is 23.8. The summed E-state index contributed by atoms with van der Waals surface area (Å²) >= 11 is 0. The Labute approximate surface area is 122 Å². The van der Waals surface area contributed by atoms with Gasteiger partial charge in [-0.25, -0.2) is 4.79 Å². The number of hydrogen-bond donors (Lipinski definition) is 2. The van der Waals surface area contributed by atoms with Crippen molar-refractivity contribution in [3.05, 3.63) is 58.5 Å². The third kappa shape index (κ3) is 2.97. The Morgan fingerprint density at radius 1 is 1.10 bits per heavy atom. The molecule has 1 amide bonds. The van der Waals surface area contributed by atoms with Crippen LogP contribution in [-0.4, -0.2) is 17.0 Å². The van der Waals surface area contributed by atoms with Crippen LogP contribution in [-0.2, 0) is 4.79 Å². The van der Waals surface area contributed by atoms with Crippen LogP contribution in [0.15, 0.2) is 34.7 Å². The van der Waals surface area contributed by atoms with Crippen LogP contribution in [0.5, 0.6) is 0 Å². The van der Waals surface area contributed by atoms with Crippen molar-refractivity contribution in [1.82, 2.24) is 5.32 Å². The number of carbonyl (C=O) groups is 2. The maximum Gasteiger partial charge on any atom is 0.330 e. The summed E-state index contributed by atoms with van der Waals surface area (Å²) in [6.07, 6.45) is 0. The molecule has 2 aromatic rings. The van der Waals surface area contributed by atoms with Gasteiger partial charge in [0.25, 0.3) is 5.91 Å². The Hall–Kier alpha value is -2.56. The number of carboxylic acids is 1. The van der Waals surface area contributed by atoms with Crippen LogP contribution in [0.1, 0.15) is 39.0 Å². The zero-order valence-electron chi connectivity index (χ0n) is 12.1. The molecule has 0 saturated heterocycles. The maximum atomic E-state index is 12.4.